The fourth-order valence-electron chi connectivity index (χ4n) is 1.81. The smallest absolute Gasteiger partial charge is 0.270 e. The van der Waals surface area contributed by atoms with Crippen molar-refractivity contribution in [3.05, 3.63) is 41.6 Å². The molecule has 0 aliphatic heterocycles. The number of para-hydroxylation sites is 1. The highest BCUT2D eigenvalue weighted by Gasteiger charge is 2.13. The molecule has 0 fully saturated rings. The lowest BCUT2D eigenvalue weighted by molar-refractivity contribution is 0.102. The summed E-state index contributed by atoms with van der Waals surface area (Å²) in [7, 11) is 0. The van der Waals surface area contributed by atoms with Crippen LogP contribution in [0.1, 0.15) is 16.1 Å². The van der Waals surface area contributed by atoms with Crippen molar-refractivity contribution >= 4 is 22.8 Å². The summed E-state index contributed by atoms with van der Waals surface area (Å²) in [6.07, 6.45) is 0. The minimum Gasteiger partial charge on any atom is -0.288 e. The first kappa shape index (κ1) is 11.3. The molecule has 2 N–H and O–H groups in total. The number of aryl methyl sites for hydroxylation is 1. The maximum Gasteiger partial charge on any atom is 0.270 e. The van der Waals surface area contributed by atoms with Gasteiger partial charge in [0.05, 0.1) is 11.1 Å². The Labute approximate surface area is 108 Å². The summed E-state index contributed by atoms with van der Waals surface area (Å²) in [5, 5.41) is 16.5. The highest BCUT2D eigenvalue weighted by Crippen LogP contribution is 2.17. The van der Waals surface area contributed by atoms with Crippen molar-refractivity contribution in [2.45, 2.75) is 6.92 Å². The molecular weight excluding hydrogens is 244 g/mol. The number of nitrogens with one attached hydrogen (secondary N) is 2. The molecule has 94 valence electrons. The number of tetrazole rings is 1. The van der Waals surface area contributed by atoms with E-state index in [-0.39, 0.29) is 11.9 Å². The Bertz CT molecular complexity index is 737. The molecule has 0 saturated heterocycles. The standard InChI is InChI=1S/C12H10N6O/c1-7-5-6-8-3-2-4-9(10(8)13-7)11(19)14-12-15-17-18-16-12/h2-6H,1H3,(H2,14,15,16,17,18,19). The first-order valence-electron chi connectivity index (χ1n) is 5.65. The minimum absolute atomic E-state index is 0.134. The number of carbonyl (C=O) groups excluding carboxylic acids is 1. The molecule has 0 aliphatic carbocycles. The van der Waals surface area contributed by atoms with Gasteiger partial charge in [-0.1, -0.05) is 23.3 Å². The van der Waals surface area contributed by atoms with Gasteiger partial charge in [-0.2, -0.15) is 5.21 Å². The molecule has 0 bridgehead atoms. The number of rotatable bonds is 2. The van der Waals surface area contributed by atoms with Gasteiger partial charge >= 0.3 is 0 Å². The maximum absolute atomic E-state index is 12.2. The number of carbonyl (C=O) groups is 1. The SMILES string of the molecule is Cc1ccc2cccc(C(=O)Nc3nn[nH]n3)c2n1. The number of nitrogens with zero attached hydrogens (tertiary/aromatic N) is 4. The van der Waals surface area contributed by atoms with Crippen molar-refractivity contribution in [3.8, 4) is 0 Å². The van der Waals surface area contributed by atoms with Gasteiger partial charge in [0.25, 0.3) is 11.9 Å². The predicted octanol–water partition coefficient (Wildman–Crippen LogP) is 1.31. The number of anilines is 1. The third kappa shape index (κ3) is 2.13. The molecule has 3 rings (SSSR count). The Hall–Kier alpha value is -2.83. The predicted molar refractivity (Wildman–Crippen MR) is 68.6 cm³/mol. The van der Waals surface area contributed by atoms with Gasteiger partial charge in [-0.15, -0.1) is 5.10 Å². The summed E-state index contributed by atoms with van der Waals surface area (Å²) in [5.74, 6) is -0.181. The summed E-state index contributed by atoms with van der Waals surface area (Å²) in [4.78, 5) is 16.6. The Morgan fingerprint density at radius 3 is 2.95 bits per heavy atom. The average molecular weight is 254 g/mol. The highest BCUT2D eigenvalue weighted by atomic mass is 16.1. The highest BCUT2D eigenvalue weighted by molar-refractivity contribution is 6.11. The van der Waals surface area contributed by atoms with Crippen LogP contribution in [0.5, 0.6) is 0 Å². The summed E-state index contributed by atoms with van der Waals surface area (Å²) in [6.45, 7) is 1.88. The normalized spacial score (nSPS) is 10.6. The van der Waals surface area contributed by atoms with Crippen LogP contribution in [0.3, 0.4) is 0 Å². The largest absolute Gasteiger partial charge is 0.288 e. The van der Waals surface area contributed by atoms with E-state index in [0.717, 1.165) is 11.1 Å². The fraction of sp³-hybridized carbons (Fsp3) is 0.0833. The van der Waals surface area contributed by atoms with Gasteiger partial charge in [0.1, 0.15) is 0 Å². The van der Waals surface area contributed by atoms with Gasteiger partial charge in [0, 0.05) is 11.1 Å². The van der Waals surface area contributed by atoms with Crippen LogP contribution in [-0.4, -0.2) is 31.5 Å². The third-order valence-electron chi connectivity index (χ3n) is 2.67. The van der Waals surface area contributed by atoms with Crippen LogP contribution in [0, 0.1) is 6.92 Å². The zero-order valence-corrected chi connectivity index (χ0v) is 10.1. The number of hydrogen-bond acceptors (Lipinski definition) is 5. The van der Waals surface area contributed by atoms with Crippen LogP contribution in [0.4, 0.5) is 5.95 Å². The summed E-state index contributed by atoms with van der Waals surface area (Å²) in [6, 6.07) is 9.27. The van der Waals surface area contributed by atoms with Crippen molar-refractivity contribution < 1.29 is 4.79 Å². The number of aromatic nitrogens is 5. The van der Waals surface area contributed by atoms with E-state index in [4.69, 9.17) is 0 Å². The van der Waals surface area contributed by atoms with Crippen LogP contribution >= 0.6 is 0 Å². The molecule has 0 spiro atoms. The molecule has 0 aliphatic rings. The van der Waals surface area contributed by atoms with Crippen LogP contribution in [0.25, 0.3) is 10.9 Å². The number of fused-ring (bicyclic) bond motifs is 1. The molecule has 7 heteroatoms. The van der Waals surface area contributed by atoms with E-state index in [1.807, 2.05) is 31.2 Å². The molecule has 1 aromatic carbocycles. The van der Waals surface area contributed by atoms with Gasteiger partial charge in [0.15, 0.2) is 0 Å². The van der Waals surface area contributed by atoms with E-state index in [1.165, 1.54) is 0 Å². The van der Waals surface area contributed by atoms with Crippen molar-refractivity contribution in [2.24, 2.45) is 0 Å². The lowest BCUT2D eigenvalue weighted by Gasteiger charge is -2.05. The van der Waals surface area contributed by atoms with Crippen molar-refractivity contribution in [2.75, 3.05) is 5.32 Å². The van der Waals surface area contributed by atoms with Crippen molar-refractivity contribution in [1.29, 1.82) is 0 Å². The molecule has 0 saturated carbocycles. The van der Waals surface area contributed by atoms with Crippen LogP contribution in [0.15, 0.2) is 30.3 Å². The number of amides is 1. The lowest BCUT2D eigenvalue weighted by Crippen LogP contribution is -2.14. The molecule has 3 aromatic rings. The Kier molecular flexibility index (Phi) is 2.64. The van der Waals surface area contributed by atoms with E-state index in [9.17, 15) is 4.79 Å². The summed E-state index contributed by atoms with van der Waals surface area (Å²) >= 11 is 0. The van der Waals surface area contributed by atoms with Crippen molar-refractivity contribution in [1.82, 2.24) is 25.6 Å². The summed E-state index contributed by atoms with van der Waals surface area (Å²) in [5.41, 5.74) is 1.99. The Balaban J connectivity index is 2.04. The summed E-state index contributed by atoms with van der Waals surface area (Å²) < 4.78 is 0. The maximum atomic E-state index is 12.2. The second-order valence-corrected chi connectivity index (χ2v) is 4.02. The molecule has 1 amide bonds. The molecule has 7 nitrogen and oxygen atoms in total. The Morgan fingerprint density at radius 1 is 1.26 bits per heavy atom. The van der Waals surface area contributed by atoms with Crippen LogP contribution in [0.2, 0.25) is 0 Å². The van der Waals surface area contributed by atoms with Gasteiger partial charge in [-0.05, 0) is 24.3 Å². The molecule has 2 heterocycles. The average Bonchev–Trinajstić information content (AvgIpc) is 2.90. The first-order chi connectivity index (χ1) is 9.24. The van der Waals surface area contributed by atoms with E-state index in [2.05, 4.69) is 30.9 Å². The molecular formula is C12H10N6O. The van der Waals surface area contributed by atoms with Crippen LogP contribution < -0.4 is 5.32 Å². The molecule has 0 atom stereocenters. The molecule has 0 radical (unpaired) electrons. The quantitative estimate of drug-likeness (QED) is 0.718. The van der Waals surface area contributed by atoms with Crippen LogP contribution in [-0.2, 0) is 0 Å². The van der Waals surface area contributed by atoms with E-state index in [0.29, 0.717) is 11.1 Å². The number of pyridine rings is 1. The van der Waals surface area contributed by atoms with E-state index in [1.54, 1.807) is 6.07 Å². The van der Waals surface area contributed by atoms with E-state index >= 15 is 0 Å². The topological polar surface area (TPSA) is 96.5 Å². The number of H-pyrrole nitrogens is 1. The number of benzene rings is 1. The zero-order valence-electron chi connectivity index (χ0n) is 10.1. The van der Waals surface area contributed by atoms with Gasteiger partial charge < -0.3 is 0 Å². The Morgan fingerprint density at radius 2 is 2.16 bits per heavy atom. The molecule has 19 heavy (non-hydrogen) atoms. The fourth-order valence-corrected chi connectivity index (χ4v) is 1.81. The number of aromatic amines is 1. The first-order valence-corrected chi connectivity index (χ1v) is 5.65. The second-order valence-electron chi connectivity index (χ2n) is 4.02. The minimum atomic E-state index is -0.315. The van der Waals surface area contributed by atoms with Gasteiger partial charge in [-0.3, -0.25) is 15.1 Å². The zero-order chi connectivity index (χ0) is 13.2. The molecule has 0 unspecified atom stereocenters. The number of hydrogen-bond donors (Lipinski definition) is 2. The lowest BCUT2D eigenvalue weighted by atomic mass is 10.1. The second kappa shape index (κ2) is 4.45. The van der Waals surface area contributed by atoms with E-state index < -0.39 is 0 Å². The van der Waals surface area contributed by atoms with Gasteiger partial charge in [-0.25, -0.2) is 0 Å². The van der Waals surface area contributed by atoms with Crippen molar-refractivity contribution in [3.63, 3.8) is 0 Å². The molecule has 2 aromatic heterocycles. The third-order valence-corrected chi connectivity index (χ3v) is 2.67. The monoisotopic (exact) mass is 254 g/mol. The van der Waals surface area contributed by atoms with Gasteiger partial charge in [0.2, 0.25) is 0 Å².